The SMILES string of the molecule is O=C(Nc1ccc(Sc2ccc(C(F)(F)F)cn2)cc1)c1cc([N+](=O)[O-])ccc1Cl. The van der Waals surface area contributed by atoms with Gasteiger partial charge in [0.2, 0.25) is 0 Å². The van der Waals surface area contributed by atoms with Gasteiger partial charge in [0.15, 0.2) is 0 Å². The lowest BCUT2D eigenvalue weighted by molar-refractivity contribution is -0.384. The van der Waals surface area contributed by atoms with E-state index in [1.165, 1.54) is 18.2 Å². The van der Waals surface area contributed by atoms with Crippen molar-refractivity contribution in [1.82, 2.24) is 4.98 Å². The van der Waals surface area contributed by atoms with Gasteiger partial charge in [0.05, 0.1) is 21.1 Å². The van der Waals surface area contributed by atoms with Crippen LogP contribution in [0.4, 0.5) is 24.5 Å². The third-order valence-electron chi connectivity index (χ3n) is 3.80. The predicted molar refractivity (Wildman–Crippen MR) is 106 cm³/mol. The molecule has 0 saturated carbocycles. The van der Waals surface area contributed by atoms with Gasteiger partial charge in [-0.15, -0.1) is 0 Å². The van der Waals surface area contributed by atoms with Crippen molar-refractivity contribution >= 4 is 40.6 Å². The van der Waals surface area contributed by atoms with E-state index in [9.17, 15) is 28.1 Å². The van der Waals surface area contributed by atoms with Crippen molar-refractivity contribution < 1.29 is 22.9 Å². The van der Waals surface area contributed by atoms with Gasteiger partial charge in [-0.25, -0.2) is 4.98 Å². The Balaban J connectivity index is 1.68. The molecule has 1 heterocycles. The molecule has 3 aromatic rings. The molecule has 3 rings (SSSR count). The maximum Gasteiger partial charge on any atom is 0.417 e. The van der Waals surface area contributed by atoms with Gasteiger partial charge in [0, 0.05) is 28.9 Å². The normalized spacial score (nSPS) is 11.2. The fourth-order valence-electron chi connectivity index (χ4n) is 2.33. The molecule has 0 aliphatic heterocycles. The Kier molecular flexibility index (Phi) is 6.28. The number of rotatable bonds is 5. The minimum Gasteiger partial charge on any atom is -0.322 e. The smallest absolute Gasteiger partial charge is 0.322 e. The predicted octanol–water partition coefficient (Wildman–Crippen LogP) is 6.07. The van der Waals surface area contributed by atoms with Crippen LogP contribution in [0.1, 0.15) is 15.9 Å². The van der Waals surface area contributed by atoms with Crippen LogP contribution in [0.25, 0.3) is 0 Å². The molecule has 30 heavy (non-hydrogen) atoms. The summed E-state index contributed by atoms with van der Waals surface area (Å²) in [5, 5.41) is 13.9. The number of amides is 1. The summed E-state index contributed by atoms with van der Waals surface area (Å²) < 4.78 is 37.7. The number of hydrogen-bond acceptors (Lipinski definition) is 5. The molecule has 0 unspecified atom stereocenters. The molecule has 0 aliphatic carbocycles. The second-order valence-corrected chi connectivity index (χ2v) is 7.39. The Morgan fingerprint density at radius 2 is 1.80 bits per heavy atom. The first-order valence-corrected chi connectivity index (χ1v) is 9.39. The third kappa shape index (κ3) is 5.28. The number of nitrogens with zero attached hydrogens (tertiary/aromatic N) is 2. The highest BCUT2D eigenvalue weighted by Gasteiger charge is 2.30. The molecule has 1 N–H and O–H groups in total. The zero-order valence-corrected chi connectivity index (χ0v) is 16.4. The monoisotopic (exact) mass is 453 g/mol. The number of aromatic nitrogens is 1. The highest BCUT2D eigenvalue weighted by molar-refractivity contribution is 7.99. The number of carbonyl (C=O) groups is 1. The van der Waals surface area contributed by atoms with Crippen LogP contribution in [-0.2, 0) is 6.18 Å². The number of alkyl halides is 3. The summed E-state index contributed by atoms with van der Waals surface area (Å²) in [6.45, 7) is 0. The van der Waals surface area contributed by atoms with E-state index in [2.05, 4.69) is 10.3 Å². The molecule has 6 nitrogen and oxygen atoms in total. The maximum absolute atomic E-state index is 12.6. The molecule has 0 bridgehead atoms. The Labute approximate surface area is 177 Å². The third-order valence-corrected chi connectivity index (χ3v) is 5.09. The van der Waals surface area contributed by atoms with Crippen LogP contribution >= 0.6 is 23.4 Å². The first kappa shape index (κ1) is 21.6. The molecule has 0 fully saturated rings. The van der Waals surface area contributed by atoms with Gasteiger partial charge in [-0.1, -0.05) is 23.4 Å². The molecule has 0 atom stereocenters. The largest absolute Gasteiger partial charge is 0.417 e. The number of non-ortho nitro benzene ring substituents is 1. The van der Waals surface area contributed by atoms with Crippen molar-refractivity contribution in [2.45, 2.75) is 16.1 Å². The van der Waals surface area contributed by atoms with Crippen molar-refractivity contribution in [3.63, 3.8) is 0 Å². The number of anilines is 1. The second kappa shape index (κ2) is 8.72. The summed E-state index contributed by atoms with van der Waals surface area (Å²) in [5.74, 6) is -0.617. The summed E-state index contributed by atoms with van der Waals surface area (Å²) in [5.41, 5.74) is -0.726. The zero-order valence-electron chi connectivity index (χ0n) is 14.8. The molecule has 11 heteroatoms. The minimum atomic E-state index is -4.45. The molecule has 0 spiro atoms. The van der Waals surface area contributed by atoms with Crippen molar-refractivity contribution in [3.8, 4) is 0 Å². The Bertz CT molecular complexity index is 1090. The van der Waals surface area contributed by atoms with Gasteiger partial charge in [0.25, 0.3) is 11.6 Å². The number of benzene rings is 2. The van der Waals surface area contributed by atoms with Gasteiger partial charge < -0.3 is 5.32 Å². The summed E-state index contributed by atoms with van der Waals surface area (Å²) >= 11 is 7.10. The number of nitro groups is 1. The summed E-state index contributed by atoms with van der Waals surface area (Å²) in [6.07, 6.45) is -3.68. The van der Waals surface area contributed by atoms with Gasteiger partial charge in [-0.2, -0.15) is 13.2 Å². The van der Waals surface area contributed by atoms with Gasteiger partial charge in [0.1, 0.15) is 5.03 Å². The van der Waals surface area contributed by atoms with Crippen molar-refractivity contribution in [1.29, 1.82) is 0 Å². The van der Waals surface area contributed by atoms with E-state index >= 15 is 0 Å². The van der Waals surface area contributed by atoms with E-state index in [4.69, 9.17) is 11.6 Å². The molecular weight excluding hydrogens is 443 g/mol. The summed E-state index contributed by atoms with van der Waals surface area (Å²) in [4.78, 5) is 27.1. The Hall–Kier alpha value is -3.11. The topological polar surface area (TPSA) is 85.1 Å². The number of halogens is 4. The lowest BCUT2D eigenvalue weighted by atomic mass is 10.2. The van der Waals surface area contributed by atoms with Crippen LogP contribution in [0.3, 0.4) is 0 Å². The standard InChI is InChI=1S/C19H11ClF3N3O3S/c20-16-7-4-13(26(28)29)9-15(16)18(27)25-12-2-5-14(6-3-12)30-17-8-1-11(10-24-17)19(21,22)23/h1-10H,(H,25,27). The van der Waals surface area contributed by atoms with Crippen LogP contribution in [0.2, 0.25) is 5.02 Å². The van der Waals surface area contributed by atoms with E-state index in [1.807, 2.05) is 0 Å². The molecule has 154 valence electrons. The van der Waals surface area contributed by atoms with Crippen LogP contribution in [-0.4, -0.2) is 15.8 Å². The molecule has 0 radical (unpaired) electrons. The van der Waals surface area contributed by atoms with Crippen molar-refractivity contribution in [3.05, 3.63) is 87.1 Å². The van der Waals surface area contributed by atoms with Crippen molar-refractivity contribution in [2.24, 2.45) is 0 Å². The number of pyridine rings is 1. The van der Waals surface area contributed by atoms with E-state index in [1.54, 1.807) is 24.3 Å². The average Bonchev–Trinajstić information content (AvgIpc) is 2.69. The first-order chi connectivity index (χ1) is 14.1. The highest BCUT2D eigenvalue weighted by Crippen LogP contribution is 2.32. The fourth-order valence-corrected chi connectivity index (χ4v) is 3.29. The Morgan fingerprint density at radius 3 is 2.37 bits per heavy atom. The summed E-state index contributed by atoms with van der Waals surface area (Å²) in [6, 6.07) is 12.2. The number of hydrogen-bond donors (Lipinski definition) is 1. The fraction of sp³-hybridized carbons (Fsp3) is 0.0526. The van der Waals surface area contributed by atoms with Crippen LogP contribution in [0.15, 0.2) is 70.7 Å². The number of nitrogens with one attached hydrogen (secondary N) is 1. The highest BCUT2D eigenvalue weighted by atomic mass is 35.5. The zero-order chi connectivity index (χ0) is 21.9. The van der Waals surface area contributed by atoms with Crippen LogP contribution in [0, 0.1) is 10.1 Å². The first-order valence-electron chi connectivity index (χ1n) is 8.20. The van der Waals surface area contributed by atoms with Crippen LogP contribution in [0.5, 0.6) is 0 Å². The summed E-state index contributed by atoms with van der Waals surface area (Å²) in [7, 11) is 0. The van der Waals surface area contributed by atoms with Crippen LogP contribution < -0.4 is 5.32 Å². The number of nitro benzene ring substituents is 1. The van der Waals surface area contributed by atoms with E-state index in [0.717, 1.165) is 30.1 Å². The second-order valence-electron chi connectivity index (χ2n) is 5.88. The average molecular weight is 454 g/mol. The molecule has 0 saturated heterocycles. The maximum atomic E-state index is 12.6. The van der Waals surface area contributed by atoms with Gasteiger partial charge >= 0.3 is 6.18 Å². The van der Waals surface area contributed by atoms with E-state index in [-0.39, 0.29) is 16.3 Å². The van der Waals surface area contributed by atoms with E-state index < -0.39 is 22.6 Å². The lowest BCUT2D eigenvalue weighted by Gasteiger charge is -2.08. The van der Waals surface area contributed by atoms with Gasteiger partial charge in [-0.05, 0) is 42.5 Å². The molecular formula is C19H11ClF3N3O3S. The number of carbonyl (C=O) groups excluding carboxylic acids is 1. The molecule has 1 aromatic heterocycles. The Morgan fingerprint density at radius 1 is 1.10 bits per heavy atom. The molecule has 0 aliphatic rings. The quantitative estimate of drug-likeness (QED) is 0.374. The van der Waals surface area contributed by atoms with Gasteiger partial charge in [-0.3, -0.25) is 14.9 Å². The van der Waals surface area contributed by atoms with E-state index in [0.29, 0.717) is 15.6 Å². The van der Waals surface area contributed by atoms with Crippen molar-refractivity contribution in [2.75, 3.05) is 5.32 Å². The lowest BCUT2D eigenvalue weighted by Crippen LogP contribution is -2.12. The molecule has 1 amide bonds. The minimum absolute atomic E-state index is 0.0433. The molecule has 2 aromatic carbocycles.